The number of pyridine rings is 1. The fourth-order valence-corrected chi connectivity index (χ4v) is 1.50. The number of aromatic nitrogens is 1. The summed E-state index contributed by atoms with van der Waals surface area (Å²) in [6, 6.07) is 1.55. The van der Waals surface area contributed by atoms with Gasteiger partial charge in [0.1, 0.15) is 6.04 Å². The Morgan fingerprint density at radius 2 is 2.16 bits per heavy atom. The maximum atomic E-state index is 11.6. The number of carboxylic acid groups (broad SMARTS) is 1. The average molecular weight is 267 g/mol. The van der Waals surface area contributed by atoms with Gasteiger partial charge in [0, 0.05) is 25.4 Å². The predicted octanol–water partition coefficient (Wildman–Crippen LogP) is 0.277. The normalized spacial score (nSPS) is 13.4. The Labute approximate surface area is 110 Å². The zero-order chi connectivity index (χ0) is 14.3. The van der Waals surface area contributed by atoms with E-state index in [0.29, 0.717) is 0 Å². The van der Waals surface area contributed by atoms with E-state index in [1.54, 1.807) is 31.5 Å². The summed E-state index contributed by atoms with van der Waals surface area (Å²) in [6.07, 6.45) is 3.20. The van der Waals surface area contributed by atoms with Crippen molar-refractivity contribution >= 4 is 12.0 Å². The molecule has 1 unspecified atom stereocenters. The molecule has 0 aliphatic carbocycles. The summed E-state index contributed by atoms with van der Waals surface area (Å²) >= 11 is 0. The fourth-order valence-electron chi connectivity index (χ4n) is 1.50. The molecule has 2 atom stereocenters. The van der Waals surface area contributed by atoms with Crippen molar-refractivity contribution in [2.75, 3.05) is 6.61 Å². The third kappa shape index (κ3) is 4.92. The number of rotatable bonds is 6. The molecule has 7 heteroatoms. The highest BCUT2D eigenvalue weighted by Gasteiger charge is 2.20. The number of nitrogens with one attached hydrogen (secondary N) is 2. The van der Waals surface area contributed by atoms with Crippen LogP contribution in [-0.2, 0) is 4.79 Å². The maximum absolute atomic E-state index is 11.6. The molecule has 19 heavy (non-hydrogen) atoms. The summed E-state index contributed by atoms with van der Waals surface area (Å²) in [7, 11) is 0. The van der Waals surface area contributed by atoms with Crippen LogP contribution in [0.1, 0.15) is 24.9 Å². The highest BCUT2D eigenvalue weighted by atomic mass is 16.4. The van der Waals surface area contributed by atoms with Crippen LogP contribution in [0.4, 0.5) is 4.79 Å². The molecule has 2 amide bonds. The molecule has 1 aromatic rings. The lowest BCUT2D eigenvalue weighted by Crippen LogP contribution is -2.47. The van der Waals surface area contributed by atoms with Crippen LogP contribution in [0.15, 0.2) is 24.5 Å². The standard InChI is InChI=1S/C12H17N3O4/c1-8(9-3-2-5-13-7-9)14-12(19)15-10(4-6-16)11(17)18/h2-3,5,7-8,10,16H,4,6H2,1H3,(H,17,18)(H2,14,15,19)/t8?,10-/m0/s1. The van der Waals surface area contributed by atoms with Gasteiger partial charge in [-0.1, -0.05) is 6.07 Å². The van der Waals surface area contributed by atoms with E-state index >= 15 is 0 Å². The molecular weight excluding hydrogens is 250 g/mol. The van der Waals surface area contributed by atoms with Gasteiger partial charge < -0.3 is 20.8 Å². The number of aliphatic carboxylic acids is 1. The Bertz CT molecular complexity index is 424. The van der Waals surface area contributed by atoms with Gasteiger partial charge in [0.25, 0.3) is 0 Å². The van der Waals surface area contributed by atoms with Crippen LogP contribution in [-0.4, -0.2) is 39.8 Å². The monoisotopic (exact) mass is 267 g/mol. The minimum atomic E-state index is -1.18. The van der Waals surface area contributed by atoms with Crippen LogP contribution < -0.4 is 10.6 Å². The summed E-state index contributed by atoms with van der Waals surface area (Å²) in [6.45, 7) is 1.45. The number of nitrogens with zero attached hydrogens (tertiary/aromatic N) is 1. The lowest BCUT2D eigenvalue weighted by Gasteiger charge is -2.17. The number of aliphatic hydroxyl groups is 1. The second-order valence-corrected chi connectivity index (χ2v) is 4.03. The Balaban J connectivity index is 2.52. The van der Waals surface area contributed by atoms with Crippen LogP contribution in [0.2, 0.25) is 0 Å². The Hall–Kier alpha value is -2.15. The third-order valence-corrected chi connectivity index (χ3v) is 2.55. The second kappa shape index (κ2) is 7.32. The zero-order valence-electron chi connectivity index (χ0n) is 10.5. The number of urea groups is 1. The first kappa shape index (κ1) is 14.9. The Kier molecular flexibility index (Phi) is 5.74. The number of aliphatic hydroxyl groups excluding tert-OH is 1. The molecule has 4 N–H and O–H groups in total. The molecule has 7 nitrogen and oxygen atoms in total. The Morgan fingerprint density at radius 1 is 1.42 bits per heavy atom. The molecule has 104 valence electrons. The van der Waals surface area contributed by atoms with Gasteiger partial charge >= 0.3 is 12.0 Å². The van der Waals surface area contributed by atoms with Gasteiger partial charge in [-0.15, -0.1) is 0 Å². The van der Waals surface area contributed by atoms with Crippen LogP contribution in [0.25, 0.3) is 0 Å². The molecule has 0 fully saturated rings. The number of hydrogen-bond acceptors (Lipinski definition) is 4. The molecule has 0 aromatic carbocycles. The molecule has 0 radical (unpaired) electrons. The van der Waals surface area contributed by atoms with E-state index < -0.39 is 18.0 Å². The lowest BCUT2D eigenvalue weighted by molar-refractivity contribution is -0.139. The van der Waals surface area contributed by atoms with E-state index in [1.165, 1.54) is 0 Å². The van der Waals surface area contributed by atoms with Crippen molar-refractivity contribution in [2.24, 2.45) is 0 Å². The van der Waals surface area contributed by atoms with Gasteiger partial charge in [-0.25, -0.2) is 9.59 Å². The van der Waals surface area contributed by atoms with E-state index in [-0.39, 0.29) is 19.1 Å². The predicted molar refractivity (Wildman–Crippen MR) is 67.4 cm³/mol. The summed E-state index contributed by atoms with van der Waals surface area (Å²) in [5.74, 6) is -1.18. The minimum Gasteiger partial charge on any atom is -0.480 e. The first-order valence-corrected chi connectivity index (χ1v) is 5.85. The van der Waals surface area contributed by atoms with Crippen molar-refractivity contribution in [3.63, 3.8) is 0 Å². The second-order valence-electron chi connectivity index (χ2n) is 4.03. The van der Waals surface area contributed by atoms with Crippen molar-refractivity contribution in [1.29, 1.82) is 0 Å². The van der Waals surface area contributed by atoms with E-state index in [4.69, 9.17) is 10.2 Å². The van der Waals surface area contributed by atoms with Gasteiger partial charge in [0.15, 0.2) is 0 Å². The van der Waals surface area contributed by atoms with Crippen molar-refractivity contribution < 1.29 is 19.8 Å². The lowest BCUT2D eigenvalue weighted by atomic mass is 10.1. The highest BCUT2D eigenvalue weighted by Crippen LogP contribution is 2.09. The van der Waals surface area contributed by atoms with Crippen molar-refractivity contribution in [1.82, 2.24) is 15.6 Å². The number of amides is 2. The van der Waals surface area contributed by atoms with Gasteiger partial charge in [0.2, 0.25) is 0 Å². The maximum Gasteiger partial charge on any atom is 0.326 e. The molecule has 0 saturated carbocycles. The fraction of sp³-hybridized carbons (Fsp3) is 0.417. The summed E-state index contributed by atoms with van der Waals surface area (Å²) < 4.78 is 0. The van der Waals surface area contributed by atoms with Gasteiger partial charge in [0.05, 0.1) is 6.04 Å². The van der Waals surface area contributed by atoms with Crippen molar-refractivity contribution in [3.05, 3.63) is 30.1 Å². The molecule has 1 heterocycles. The molecule has 0 aliphatic heterocycles. The number of carboxylic acids is 1. The van der Waals surface area contributed by atoms with Crippen LogP contribution in [0, 0.1) is 0 Å². The van der Waals surface area contributed by atoms with E-state index in [2.05, 4.69) is 15.6 Å². The first-order valence-electron chi connectivity index (χ1n) is 5.85. The summed E-state index contributed by atoms with van der Waals surface area (Å²) in [4.78, 5) is 26.4. The molecule has 0 spiro atoms. The molecule has 0 aliphatic rings. The van der Waals surface area contributed by atoms with E-state index in [1.807, 2.05) is 0 Å². The molecular formula is C12H17N3O4. The van der Waals surface area contributed by atoms with Crippen molar-refractivity contribution in [2.45, 2.75) is 25.4 Å². The first-order chi connectivity index (χ1) is 9.04. The van der Waals surface area contributed by atoms with E-state index in [0.717, 1.165) is 5.56 Å². The molecule has 0 bridgehead atoms. The largest absolute Gasteiger partial charge is 0.480 e. The smallest absolute Gasteiger partial charge is 0.326 e. The summed E-state index contributed by atoms with van der Waals surface area (Å²) in [5, 5.41) is 22.4. The number of carbonyl (C=O) groups excluding carboxylic acids is 1. The SMILES string of the molecule is CC(NC(=O)N[C@@H](CCO)C(=O)O)c1cccnc1. The van der Waals surface area contributed by atoms with E-state index in [9.17, 15) is 9.59 Å². The van der Waals surface area contributed by atoms with Crippen LogP contribution in [0.5, 0.6) is 0 Å². The third-order valence-electron chi connectivity index (χ3n) is 2.55. The number of carbonyl (C=O) groups is 2. The minimum absolute atomic E-state index is 0.0377. The van der Waals surface area contributed by atoms with Gasteiger partial charge in [-0.3, -0.25) is 4.98 Å². The average Bonchev–Trinajstić information content (AvgIpc) is 2.39. The highest BCUT2D eigenvalue weighted by molar-refractivity contribution is 5.82. The van der Waals surface area contributed by atoms with Gasteiger partial charge in [-0.2, -0.15) is 0 Å². The topological polar surface area (TPSA) is 112 Å². The van der Waals surface area contributed by atoms with Gasteiger partial charge in [-0.05, 0) is 18.6 Å². The van der Waals surface area contributed by atoms with Crippen molar-refractivity contribution in [3.8, 4) is 0 Å². The molecule has 1 rings (SSSR count). The molecule has 0 saturated heterocycles. The van der Waals surface area contributed by atoms with Crippen LogP contribution in [0.3, 0.4) is 0 Å². The Morgan fingerprint density at radius 3 is 2.68 bits per heavy atom. The quantitative estimate of drug-likeness (QED) is 0.591. The zero-order valence-corrected chi connectivity index (χ0v) is 10.5. The molecule has 1 aromatic heterocycles. The summed E-state index contributed by atoms with van der Waals surface area (Å²) in [5.41, 5.74) is 0.812. The number of hydrogen-bond donors (Lipinski definition) is 4. The van der Waals surface area contributed by atoms with Crippen LogP contribution >= 0.6 is 0 Å².